The maximum Gasteiger partial charge on any atom is 0.324 e. The second-order valence-electron chi connectivity index (χ2n) is 15.3. The number of carboxylic acids is 1. The predicted molar refractivity (Wildman–Crippen MR) is 181 cm³/mol. The molecule has 6 rings (SSSR count). The largest absolute Gasteiger partial charge is 0.480 e. The number of piperidine rings is 1. The van der Waals surface area contributed by atoms with Gasteiger partial charge in [-0.05, 0) is 105 Å². The molecule has 2 saturated heterocycles. The summed E-state index contributed by atoms with van der Waals surface area (Å²) in [5.74, 6) is 2.52. The van der Waals surface area contributed by atoms with Crippen molar-refractivity contribution in [1.29, 1.82) is 0 Å². The van der Waals surface area contributed by atoms with Crippen LogP contribution in [0.2, 0.25) is 0 Å². The average Bonchev–Trinajstić information content (AvgIpc) is 3.47. The maximum atomic E-state index is 13.7. The minimum atomic E-state index is -0.690. The highest BCUT2D eigenvalue weighted by atomic mass is 16.4. The number of carbonyl (C=O) groups is 1. The normalized spacial score (nSPS) is 26.1. The molecule has 2 saturated carbocycles. The van der Waals surface area contributed by atoms with Gasteiger partial charge < -0.3 is 10.0 Å². The third-order valence-electron chi connectivity index (χ3n) is 12.4. The van der Waals surface area contributed by atoms with Crippen LogP contribution in [-0.2, 0) is 11.2 Å². The van der Waals surface area contributed by atoms with Gasteiger partial charge >= 0.3 is 5.97 Å². The Bertz CT molecular complexity index is 1130. The molecule has 0 aromatic heterocycles. The van der Waals surface area contributed by atoms with Gasteiger partial charge in [-0.25, -0.2) is 0 Å². The van der Waals surface area contributed by atoms with E-state index in [0.29, 0.717) is 23.7 Å². The van der Waals surface area contributed by atoms with Gasteiger partial charge in [-0.3, -0.25) is 9.69 Å². The molecule has 4 fully saturated rings. The molecule has 4 aliphatic rings. The molecule has 2 aliphatic heterocycles. The summed E-state index contributed by atoms with van der Waals surface area (Å²) in [6.45, 7) is 7.76. The number of benzene rings is 2. The highest BCUT2D eigenvalue weighted by molar-refractivity contribution is 5.80. The van der Waals surface area contributed by atoms with Gasteiger partial charge in [0.15, 0.2) is 0 Å². The number of rotatable bonds is 11. The van der Waals surface area contributed by atoms with Crippen LogP contribution in [0.4, 0.5) is 0 Å². The Hall–Kier alpha value is -2.17. The summed E-state index contributed by atoms with van der Waals surface area (Å²) in [6.07, 6.45) is 16.8. The van der Waals surface area contributed by atoms with E-state index in [-0.39, 0.29) is 0 Å². The molecule has 2 heterocycles. The molecule has 0 radical (unpaired) electrons. The van der Waals surface area contributed by atoms with Crippen molar-refractivity contribution < 1.29 is 9.90 Å². The molecule has 0 spiro atoms. The Balaban J connectivity index is 1.16. The molecular formula is C40H58N2O2. The fourth-order valence-corrected chi connectivity index (χ4v) is 10.3. The standard InChI is InChI=1S/C40H58N2O2/c1-31(26-32-14-6-2-7-15-32)27-33-22-24-41(25-23-33)28-35-29-42(30-38(35)34-16-8-3-9-17-34)40(39(43)44,36-18-10-4-11-19-36)37-20-12-5-13-21-37/h2-3,6-9,14-17,31,33,35-38H,4-5,10-13,18-30H2,1H3,(H,43,44)/t31-,35+,38-/m1/s1. The highest BCUT2D eigenvalue weighted by Gasteiger charge is 2.58. The summed E-state index contributed by atoms with van der Waals surface area (Å²) >= 11 is 0. The summed E-state index contributed by atoms with van der Waals surface area (Å²) in [7, 11) is 0. The number of nitrogens with zero attached hydrogens (tertiary/aromatic N) is 2. The number of likely N-dealkylation sites (tertiary alicyclic amines) is 2. The topological polar surface area (TPSA) is 43.8 Å². The minimum Gasteiger partial charge on any atom is -0.480 e. The second kappa shape index (κ2) is 14.9. The Morgan fingerprint density at radius 1 is 0.795 bits per heavy atom. The molecule has 44 heavy (non-hydrogen) atoms. The molecule has 2 aromatic carbocycles. The number of hydrogen-bond donors (Lipinski definition) is 1. The SMILES string of the molecule is C[C@H](Cc1ccccc1)CC1CCN(C[C@H]2CN(C(C(=O)O)(C3CCCCC3)C3CCCCC3)C[C@@H]2c2ccccc2)CC1. The highest BCUT2D eigenvalue weighted by Crippen LogP contribution is 2.50. The molecule has 4 nitrogen and oxygen atoms in total. The average molecular weight is 599 g/mol. The molecule has 240 valence electrons. The summed E-state index contributed by atoms with van der Waals surface area (Å²) in [5, 5.41) is 11.3. The van der Waals surface area contributed by atoms with Crippen LogP contribution < -0.4 is 0 Å². The van der Waals surface area contributed by atoms with Crippen molar-refractivity contribution in [2.75, 3.05) is 32.7 Å². The van der Waals surface area contributed by atoms with Crippen molar-refractivity contribution in [3.05, 3.63) is 71.8 Å². The smallest absolute Gasteiger partial charge is 0.324 e. The number of aliphatic carboxylic acids is 1. The second-order valence-corrected chi connectivity index (χ2v) is 15.3. The van der Waals surface area contributed by atoms with Crippen LogP contribution >= 0.6 is 0 Å². The third kappa shape index (κ3) is 7.12. The Morgan fingerprint density at radius 3 is 1.93 bits per heavy atom. The van der Waals surface area contributed by atoms with Gasteiger partial charge in [0.1, 0.15) is 5.54 Å². The van der Waals surface area contributed by atoms with Gasteiger partial charge in [0, 0.05) is 25.6 Å². The van der Waals surface area contributed by atoms with E-state index in [9.17, 15) is 9.90 Å². The van der Waals surface area contributed by atoms with Crippen molar-refractivity contribution in [2.45, 2.75) is 108 Å². The summed E-state index contributed by atoms with van der Waals surface area (Å²) < 4.78 is 0. The van der Waals surface area contributed by atoms with Crippen molar-refractivity contribution in [1.82, 2.24) is 9.80 Å². The Kier molecular flexibility index (Phi) is 10.8. The van der Waals surface area contributed by atoms with Crippen LogP contribution in [0.1, 0.15) is 107 Å². The van der Waals surface area contributed by atoms with Crippen molar-refractivity contribution in [2.24, 2.45) is 29.6 Å². The van der Waals surface area contributed by atoms with E-state index in [1.54, 1.807) is 0 Å². The van der Waals surface area contributed by atoms with Crippen molar-refractivity contribution >= 4 is 5.97 Å². The monoisotopic (exact) mass is 598 g/mol. The Morgan fingerprint density at radius 2 is 1.36 bits per heavy atom. The van der Waals surface area contributed by atoms with Crippen LogP contribution in [0.3, 0.4) is 0 Å². The van der Waals surface area contributed by atoms with E-state index in [2.05, 4.69) is 77.4 Å². The van der Waals surface area contributed by atoms with Crippen molar-refractivity contribution in [3.8, 4) is 0 Å². The summed E-state index contributed by atoms with van der Waals surface area (Å²) in [4.78, 5) is 19.0. The fraction of sp³-hybridized carbons (Fsp3) is 0.675. The first-order chi connectivity index (χ1) is 21.5. The lowest BCUT2D eigenvalue weighted by Crippen LogP contribution is -2.64. The van der Waals surface area contributed by atoms with Crippen LogP contribution in [0, 0.1) is 29.6 Å². The van der Waals surface area contributed by atoms with Gasteiger partial charge in [-0.2, -0.15) is 0 Å². The molecule has 4 heteroatoms. The first-order valence-electron chi connectivity index (χ1n) is 18.3. The first kappa shape index (κ1) is 31.8. The third-order valence-corrected chi connectivity index (χ3v) is 12.4. The molecular weight excluding hydrogens is 540 g/mol. The lowest BCUT2D eigenvalue weighted by Gasteiger charge is -2.51. The quantitative estimate of drug-likeness (QED) is 0.281. The van der Waals surface area contributed by atoms with Gasteiger partial charge in [0.2, 0.25) is 0 Å². The zero-order chi connectivity index (χ0) is 30.4. The van der Waals surface area contributed by atoms with E-state index in [0.717, 1.165) is 57.2 Å². The minimum absolute atomic E-state index is 0.292. The summed E-state index contributed by atoms with van der Waals surface area (Å²) in [6, 6.07) is 22.1. The van der Waals surface area contributed by atoms with E-state index >= 15 is 0 Å². The zero-order valence-electron chi connectivity index (χ0n) is 27.4. The van der Waals surface area contributed by atoms with Crippen LogP contribution in [0.25, 0.3) is 0 Å². The van der Waals surface area contributed by atoms with Gasteiger partial charge in [-0.15, -0.1) is 0 Å². The van der Waals surface area contributed by atoms with Crippen LogP contribution in [0.15, 0.2) is 60.7 Å². The van der Waals surface area contributed by atoms with Crippen LogP contribution in [0.5, 0.6) is 0 Å². The van der Waals surface area contributed by atoms with E-state index in [4.69, 9.17) is 0 Å². The molecule has 3 atom stereocenters. The summed E-state index contributed by atoms with van der Waals surface area (Å²) in [5.41, 5.74) is 2.19. The molecule has 0 amide bonds. The molecule has 0 unspecified atom stereocenters. The van der Waals surface area contributed by atoms with Gasteiger partial charge in [0.25, 0.3) is 0 Å². The molecule has 1 N–H and O–H groups in total. The lowest BCUT2D eigenvalue weighted by atomic mass is 9.63. The van der Waals surface area contributed by atoms with Crippen molar-refractivity contribution in [3.63, 3.8) is 0 Å². The fourth-order valence-electron chi connectivity index (χ4n) is 10.3. The van der Waals surface area contributed by atoms with E-state index < -0.39 is 11.5 Å². The molecule has 2 aromatic rings. The first-order valence-corrected chi connectivity index (χ1v) is 18.3. The Labute approximate surface area is 267 Å². The van der Waals surface area contributed by atoms with Gasteiger partial charge in [-0.1, -0.05) is 106 Å². The maximum absolute atomic E-state index is 13.7. The molecule has 0 bridgehead atoms. The number of hydrogen-bond acceptors (Lipinski definition) is 3. The van der Waals surface area contributed by atoms with E-state index in [1.807, 2.05) is 0 Å². The molecule has 2 aliphatic carbocycles. The lowest BCUT2D eigenvalue weighted by molar-refractivity contribution is -0.164. The number of carboxylic acid groups (broad SMARTS) is 1. The van der Waals surface area contributed by atoms with E-state index in [1.165, 1.54) is 88.4 Å². The van der Waals surface area contributed by atoms with Gasteiger partial charge in [0.05, 0.1) is 0 Å². The predicted octanol–water partition coefficient (Wildman–Crippen LogP) is 8.67. The zero-order valence-corrected chi connectivity index (χ0v) is 27.4. The van der Waals surface area contributed by atoms with Crippen LogP contribution in [-0.4, -0.2) is 59.1 Å².